The van der Waals surface area contributed by atoms with Crippen LogP contribution in [-0.2, 0) is 13.2 Å². The third-order valence-electron chi connectivity index (χ3n) is 5.90. The van der Waals surface area contributed by atoms with Crippen molar-refractivity contribution in [2.24, 2.45) is 0 Å². The lowest BCUT2D eigenvalue weighted by molar-refractivity contribution is 0.276. The van der Waals surface area contributed by atoms with Crippen LogP contribution in [0.25, 0.3) is 22.3 Å². The molecule has 5 heteroatoms. The first kappa shape index (κ1) is 23.2. The minimum absolute atomic E-state index is 0.220. The molecule has 5 aromatic rings. The maximum atomic E-state index is 13.4. The van der Waals surface area contributed by atoms with Crippen LogP contribution in [0.5, 0.6) is 17.2 Å². The van der Waals surface area contributed by atoms with E-state index in [1.165, 1.54) is 13.2 Å². The molecule has 4 aromatic carbocycles. The van der Waals surface area contributed by atoms with E-state index in [0.29, 0.717) is 41.6 Å². The first-order valence-corrected chi connectivity index (χ1v) is 11.7. The van der Waals surface area contributed by atoms with Gasteiger partial charge in [0.1, 0.15) is 30.1 Å². The van der Waals surface area contributed by atoms with Crippen LogP contribution in [0, 0.1) is 6.92 Å². The maximum Gasteiger partial charge on any atom is 0.205 e. The fourth-order valence-corrected chi connectivity index (χ4v) is 4.00. The van der Waals surface area contributed by atoms with E-state index in [-0.39, 0.29) is 11.0 Å². The third kappa shape index (κ3) is 4.96. The van der Waals surface area contributed by atoms with Crippen LogP contribution in [0.15, 0.2) is 106 Å². The van der Waals surface area contributed by atoms with Crippen molar-refractivity contribution in [3.63, 3.8) is 0 Å². The number of benzene rings is 4. The number of hydrogen-bond acceptors (Lipinski definition) is 5. The fraction of sp³-hybridized carbons (Fsp3) is 0.129. The zero-order valence-corrected chi connectivity index (χ0v) is 20.2. The summed E-state index contributed by atoms with van der Waals surface area (Å²) in [5.74, 6) is 1.60. The molecule has 5 rings (SSSR count). The number of fused-ring (bicyclic) bond motifs is 1. The summed E-state index contributed by atoms with van der Waals surface area (Å²) in [6, 6.07) is 30.6. The van der Waals surface area contributed by atoms with E-state index in [2.05, 4.69) is 0 Å². The van der Waals surface area contributed by atoms with Crippen LogP contribution in [0.4, 0.5) is 0 Å². The van der Waals surface area contributed by atoms with E-state index < -0.39 is 0 Å². The zero-order valence-electron chi connectivity index (χ0n) is 20.2. The average Bonchev–Trinajstić information content (AvgIpc) is 2.91. The highest BCUT2D eigenvalue weighted by atomic mass is 16.5. The Hall–Kier alpha value is -4.51. The molecule has 0 fully saturated rings. The predicted molar refractivity (Wildman–Crippen MR) is 141 cm³/mol. The van der Waals surface area contributed by atoms with Crippen molar-refractivity contribution in [3.8, 4) is 28.6 Å². The van der Waals surface area contributed by atoms with Crippen molar-refractivity contribution in [3.05, 3.63) is 124 Å². The van der Waals surface area contributed by atoms with Crippen molar-refractivity contribution in [1.29, 1.82) is 0 Å². The quantitative estimate of drug-likeness (QED) is 0.242. The van der Waals surface area contributed by atoms with E-state index in [4.69, 9.17) is 18.6 Å². The molecule has 0 aliphatic carbocycles. The molecule has 0 amide bonds. The minimum Gasteiger partial charge on any atom is -0.490 e. The SMILES string of the molecule is COc1c(OCc2ccccc2)cc(OCc2ccccc2)c2c(=O)cc(-c3ccc(C)cc3)oc12. The smallest absolute Gasteiger partial charge is 0.205 e. The lowest BCUT2D eigenvalue weighted by Gasteiger charge is -2.16. The van der Waals surface area contributed by atoms with Gasteiger partial charge in [0.25, 0.3) is 0 Å². The number of hydrogen-bond donors (Lipinski definition) is 0. The van der Waals surface area contributed by atoms with Crippen molar-refractivity contribution < 1.29 is 18.6 Å². The Morgan fingerprint density at radius 3 is 1.89 bits per heavy atom. The summed E-state index contributed by atoms with van der Waals surface area (Å²) < 4.78 is 24.3. The molecule has 0 saturated heterocycles. The second kappa shape index (κ2) is 10.4. The van der Waals surface area contributed by atoms with E-state index in [1.807, 2.05) is 91.9 Å². The Morgan fingerprint density at radius 1 is 0.722 bits per heavy atom. The summed E-state index contributed by atoms with van der Waals surface area (Å²) in [5, 5.41) is 0.311. The molecule has 0 bridgehead atoms. The number of rotatable bonds is 8. The summed E-state index contributed by atoms with van der Waals surface area (Å²) in [4.78, 5) is 13.4. The molecule has 0 spiro atoms. The maximum absolute atomic E-state index is 13.4. The topological polar surface area (TPSA) is 57.9 Å². The highest BCUT2D eigenvalue weighted by Gasteiger charge is 2.22. The Balaban J connectivity index is 1.63. The molecule has 0 unspecified atom stereocenters. The van der Waals surface area contributed by atoms with Gasteiger partial charge in [0.2, 0.25) is 5.75 Å². The van der Waals surface area contributed by atoms with Gasteiger partial charge in [-0.3, -0.25) is 4.79 Å². The van der Waals surface area contributed by atoms with Crippen LogP contribution < -0.4 is 19.6 Å². The van der Waals surface area contributed by atoms with Crippen molar-refractivity contribution in [1.82, 2.24) is 0 Å². The summed E-state index contributed by atoms with van der Waals surface area (Å²) in [6.45, 7) is 2.62. The van der Waals surface area contributed by atoms with E-state index in [9.17, 15) is 4.79 Å². The van der Waals surface area contributed by atoms with E-state index in [0.717, 1.165) is 22.3 Å². The Bertz CT molecular complexity index is 1520. The molecular weight excluding hydrogens is 452 g/mol. The molecule has 36 heavy (non-hydrogen) atoms. The van der Waals surface area contributed by atoms with Crippen LogP contribution in [-0.4, -0.2) is 7.11 Å². The summed E-state index contributed by atoms with van der Waals surface area (Å²) >= 11 is 0. The van der Waals surface area contributed by atoms with Gasteiger partial charge in [-0.25, -0.2) is 0 Å². The minimum atomic E-state index is -0.220. The van der Waals surface area contributed by atoms with Crippen molar-refractivity contribution in [2.45, 2.75) is 20.1 Å². The van der Waals surface area contributed by atoms with Gasteiger partial charge in [-0.05, 0) is 18.1 Å². The fourth-order valence-electron chi connectivity index (χ4n) is 4.00. The monoisotopic (exact) mass is 478 g/mol. The van der Waals surface area contributed by atoms with Gasteiger partial charge in [0, 0.05) is 17.7 Å². The zero-order chi connectivity index (χ0) is 24.9. The highest BCUT2D eigenvalue weighted by Crippen LogP contribution is 2.42. The average molecular weight is 479 g/mol. The molecule has 0 atom stereocenters. The molecule has 0 aliphatic heterocycles. The van der Waals surface area contributed by atoms with Gasteiger partial charge in [-0.2, -0.15) is 0 Å². The summed E-state index contributed by atoms with van der Waals surface area (Å²) in [5.41, 5.74) is 3.96. The molecule has 1 heterocycles. The number of aryl methyl sites for hydroxylation is 1. The van der Waals surface area contributed by atoms with Crippen molar-refractivity contribution in [2.75, 3.05) is 7.11 Å². The molecule has 0 N–H and O–H groups in total. The largest absolute Gasteiger partial charge is 0.490 e. The van der Waals surface area contributed by atoms with Crippen LogP contribution in [0.3, 0.4) is 0 Å². The predicted octanol–water partition coefficient (Wildman–Crippen LogP) is 6.94. The molecule has 0 radical (unpaired) electrons. The van der Waals surface area contributed by atoms with E-state index >= 15 is 0 Å². The second-order valence-electron chi connectivity index (χ2n) is 8.50. The molecule has 180 valence electrons. The van der Waals surface area contributed by atoms with Gasteiger partial charge in [-0.1, -0.05) is 90.5 Å². The normalized spacial score (nSPS) is 10.8. The Morgan fingerprint density at radius 2 is 1.31 bits per heavy atom. The lowest BCUT2D eigenvalue weighted by Crippen LogP contribution is -2.07. The second-order valence-corrected chi connectivity index (χ2v) is 8.50. The Labute approximate surface area is 209 Å². The van der Waals surface area contributed by atoms with Crippen LogP contribution >= 0.6 is 0 Å². The molecule has 5 nitrogen and oxygen atoms in total. The van der Waals surface area contributed by atoms with Crippen LogP contribution in [0.1, 0.15) is 16.7 Å². The van der Waals surface area contributed by atoms with Gasteiger partial charge >= 0.3 is 0 Å². The van der Waals surface area contributed by atoms with Crippen molar-refractivity contribution >= 4 is 11.0 Å². The lowest BCUT2D eigenvalue weighted by atomic mass is 10.1. The summed E-state index contributed by atoms with van der Waals surface area (Å²) in [7, 11) is 1.53. The Kier molecular flexibility index (Phi) is 6.72. The molecule has 1 aromatic heterocycles. The third-order valence-corrected chi connectivity index (χ3v) is 5.90. The molecule has 0 aliphatic rings. The van der Waals surface area contributed by atoms with Crippen LogP contribution in [0.2, 0.25) is 0 Å². The first-order chi connectivity index (χ1) is 17.6. The van der Waals surface area contributed by atoms with Gasteiger partial charge in [0.15, 0.2) is 16.8 Å². The van der Waals surface area contributed by atoms with Gasteiger partial charge < -0.3 is 18.6 Å². The first-order valence-electron chi connectivity index (χ1n) is 11.7. The molecular formula is C31H26O5. The number of ether oxygens (including phenoxy) is 3. The van der Waals surface area contributed by atoms with E-state index in [1.54, 1.807) is 6.07 Å². The summed E-state index contributed by atoms with van der Waals surface area (Å²) in [6.07, 6.45) is 0. The molecule has 0 saturated carbocycles. The number of methoxy groups -OCH3 is 1. The van der Waals surface area contributed by atoms with Gasteiger partial charge in [0.05, 0.1) is 7.11 Å². The van der Waals surface area contributed by atoms with Gasteiger partial charge in [-0.15, -0.1) is 0 Å². The standard InChI is InChI=1S/C31H26O5/c1-21-13-15-24(16-14-21)26-17-25(32)29-27(34-19-22-9-5-3-6-10-22)18-28(30(33-2)31(29)36-26)35-20-23-11-7-4-8-12-23/h3-18H,19-20H2,1-2H3. The highest BCUT2D eigenvalue weighted by molar-refractivity contribution is 5.92.